The van der Waals surface area contributed by atoms with E-state index in [2.05, 4.69) is 5.32 Å². The van der Waals surface area contributed by atoms with E-state index in [-0.39, 0.29) is 34.8 Å². The lowest BCUT2D eigenvalue weighted by Gasteiger charge is -2.33. The van der Waals surface area contributed by atoms with Crippen LogP contribution in [0.2, 0.25) is 0 Å². The van der Waals surface area contributed by atoms with Gasteiger partial charge in [0.2, 0.25) is 11.8 Å². The van der Waals surface area contributed by atoms with Gasteiger partial charge < -0.3 is 15.0 Å². The monoisotopic (exact) mass is 624 g/mol. The number of nitro groups is 1. The Bertz CT molecular complexity index is 1580. The van der Waals surface area contributed by atoms with Gasteiger partial charge >= 0.3 is 0 Å². The highest BCUT2D eigenvalue weighted by Crippen LogP contribution is 2.29. The fourth-order valence-electron chi connectivity index (χ4n) is 4.60. The second-order valence-electron chi connectivity index (χ2n) is 10.7. The van der Waals surface area contributed by atoms with Crippen molar-refractivity contribution in [3.8, 4) is 5.75 Å². The lowest BCUT2D eigenvalue weighted by atomic mass is 10.1. The van der Waals surface area contributed by atoms with Crippen LogP contribution in [0.25, 0.3) is 0 Å². The summed E-state index contributed by atoms with van der Waals surface area (Å²) in [4.78, 5) is 39.6. The number of nitrogens with one attached hydrogen (secondary N) is 1. The molecule has 0 aliphatic heterocycles. The number of carbonyl (C=O) groups excluding carboxylic acids is 2. The molecule has 0 saturated carbocycles. The quantitative estimate of drug-likeness (QED) is 0.194. The minimum absolute atomic E-state index is 0.0675. The number of rotatable bonds is 14. The molecule has 0 aromatic heterocycles. The van der Waals surface area contributed by atoms with Crippen molar-refractivity contribution in [2.75, 3.05) is 18.0 Å². The molecule has 12 heteroatoms. The Morgan fingerprint density at radius 3 is 2.16 bits per heavy atom. The molecule has 11 nitrogen and oxygen atoms in total. The second-order valence-corrected chi connectivity index (χ2v) is 12.5. The highest BCUT2D eigenvalue weighted by molar-refractivity contribution is 7.92. The van der Waals surface area contributed by atoms with Crippen LogP contribution in [-0.2, 0) is 26.2 Å². The summed E-state index contributed by atoms with van der Waals surface area (Å²) in [6.07, 6.45) is 0.986. The molecule has 0 spiro atoms. The summed E-state index contributed by atoms with van der Waals surface area (Å²) in [6.45, 7) is 8.46. The lowest BCUT2D eigenvalue weighted by Crippen LogP contribution is -2.53. The molecule has 0 fully saturated rings. The van der Waals surface area contributed by atoms with Gasteiger partial charge in [-0.15, -0.1) is 0 Å². The Balaban J connectivity index is 2.11. The van der Waals surface area contributed by atoms with Gasteiger partial charge in [-0.3, -0.25) is 24.0 Å². The normalized spacial score (nSPS) is 12.6. The number of anilines is 1. The van der Waals surface area contributed by atoms with Crippen molar-refractivity contribution in [2.24, 2.45) is 0 Å². The van der Waals surface area contributed by atoms with E-state index >= 15 is 0 Å². The van der Waals surface area contributed by atoms with Gasteiger partial charge in [-0.25, -0.2) is 8.42 Å². The summed E-state index contributed by atoms with van der Waals surface area (Å²) in [7, 11) is -3.02. The Hall–Kier alpha value is -4.45. The van der Waals surface area contributed by atoms with Crippen molar-refractivity contribution in [3.63, 3.8) is 0 Å². The van der Waals surface area contributed by atoms with Crippen molar-refractivity contribution < 1.29 is 27.7 Å². The maximum Gasteiger partial charge on any atom is 0.273 e. The first-order valence-corrected chi connectivity index (χ1v) is 15.8. The number of benzene rings is 3. The number of methoxy groups -OCH3 is 1. The Labute approximate surface area is 259 Å². The molecule has 3 aromatic carbocycles. The van der Waals surface area contributed by atoms with Gasteiger partial charge in [0.15, 0.2) is 0 Å². The zero-order valence-corrected chi connectivity index (χ0v) is 26.8. The standard InChI is InChI=1S/C32H40N4O7S/c1-7-24(5)33-32(38)29(8-2)34(20-25-12-9-22(3)10-13-25)31(37)21-35(26-14-16-27(43-6)17-15-26)44(41,42)28-18-11-23(4)30(19-28)36(39)40/h9-19,24,29H,7-8,20-21H2,1-6H3,(H,33,38)/t24-,29+/m0/s1. The van der Waals surface area contributed by atoms with E-state index in [1.165, 1.54) is 43.2 Å². The van der Waals surface area contributed by atoms with Gasteiger partial charge in [0.1, 0.15) is 18.3 Å². The molecule has 2 amide bonds. The number of ether oxygens (including phenoxy) is 1. The van der Waals surface area contributed by atoms with E-state index in [1.807, 2.05) is 45.0 Å². The predicted molar refractivity (Wildman–Crippen MR) is 169 cm³/mol. The zero-order valence-electron chi connectivity index (χ0n) is 25.9. The van der Waals surface area contributed by atoms with E-state index in [9.17, 15) is 28.1 Å². The summed E-state index contributed by atoms with van der Waals surface area (Å²) in [5, 5.41) is 14.6. The molecule has 2 atom stereocenters. The lowest BCUT2D eigenvalue weighted by molar-refractivity contribution is -0.385. The molecule has 3 aromatic rings. The number of hydrogen-bond donors (Lipinski definition) is 1. The molecule has 0 saturated heterocycles. The third kappa shape index (κ3) is 8.13. The fourth-order valence-corrected chi connectivity index (χ4v) is 6.04. The summed E-state index contributed by atoms with van der Waals surface area (Å²) in [6, 6.07) is 16.2. The van der Waals surface area contributed by atoms with Gasteiger partial charge in [-0.05, 0) is 69.5 Å². The third-order valence-electron chi connectivity index (χ3n) is 7.47. The van der Waals surface area contributed by atoms with Crippen molar-refractivity contribution in [1.29, 1.82) is 0 Å². The van der Waals surface area contributed by atoms with Crippen molar-refractivity contribution >= 4 is 33.2 Å². The molecule has 0 radical (unpaired) electrons. The minimum atomic E-state index is -4.49. The fraction of sp³-hybridized carbons (Fsp3) is 0.375. The zero-order chi connectivity index (χ0) is 32.6. The van der Waals surface area contributed by atoms with Gasteiger partial charge in [0.25, 0.3) is 15.7 Å². The van der Waals surface area contributed by atoms with E-state index in [1.54, 1.807) is 19.1 Å². The summed E-state index contributed by atoms with van der Waals surface area (Å²) >= 11 is 0. The van der Waals surface area contributed by atoms with Crippen LogP contribution in [0.5, 0.6) is 5.75 Å². The van der Waals surface area contributed by atoms with Gasteiger partial charge in [0, 0.05) is 24.2 Å². The van der Waals surface area contributed by atoms with Crippen LogP contribution in [0.1, 0.15) is 50.3 Å². The Kier molecular flexibility index (Phi) is 11.5. The van der Waals surface area contributed by atoms with Crippen LogP contribution < -0.4 is 14.4 Å². The predicted octanol–water partition coefficient (Wildman–Crippen LogP) is 5.14. The van der Waals surface area contributed by atoms with E-state index in [0.29, 0.717) is 24.2 Å². The maximum absolute atomic E-state index is 14.2. The molecule has 44 heavy (non-hydrogen) atoms. The largest absolute Gasteiger partial charge is 0.497 e. The minimum Gasteiger partial charge on any atom is -0.497 e. The first-order chi connectivity index (χ1) is 20.8. The summed E-state index contributed by atoms with van der Waals surface area (Å²) in [5.74, 6) is -0.481. The SMILES string of the molecule is CC[C@H](C(=O)N[C@@H](C)CC)N(Cc1ccc(C)cc1)C(=O)CN(c1ccc(OC)cc1)S(=O)(=O)c1ccc(C)c([N+](=O)[O-])c1. The number of nitrogens with zero attached hydrogens (tertiary/aromatic N) is 3. The Morgan fingerprint density at radius 2 is 1.61 bits per heavy atom. The van der Waals surface area contributed by atoms with Gasteiger partial charge in [-0.1, -0.05) is 49.7 Å². The van der Waals surface area contributed by atoms with E-state index < -0.39 is 33.4 Å². The van der Waals surface area contributed by atoms with Gasteiger partial charge in [-0.2, -0.15) is 0 Å². The van der Waals surface area contributed by atoms with Crippen LogP contribution in [-0.4, -0.2) is 55.8 Å². The summed E-state index contributed by atoms with van der Waals surface area (Å²) < 4.78 is 34.3. The van der Waals surface area contributed by atoms with Crippen molar-refractivity contribution in [1.82, 2.24) is 10.2 Å². The molecule has 3 rings (SSSR count). The first kappa shape index (κ1) is 34.0. The molecule has 0 bridgehead atoms. The smallest absolute Gasteiger partial charge is 0.273 e. The number of carbonyl (C=O) groups is 2. The number of sulfonamides is 1. The second kappa shape index (κ2) is 14.8. The van der Waals surface area contributed by atoms with Crippen LogP contribution >= 0.6 is 0 Å². The van der Waals surface area contributed by atoms with Crippen LogP contribution in [0.4, 0.5) is 11.4 Å². The third-order valence-corrected chi connectivity index (χ3v) is 9.23. The van der Waals surface area contributed by atoms with Crippen molar-refractivity contribution in [2.45, 2.75) is 71.0 Å². The highest BCUT2D eigenvalue weighted by atomic mass is 32.2. The highest BCUT2D eigenvalue weighted by Gasteiger charge is 2.34. The average Bonchev–Trinajstić information content (AvgIpc) is 3.00. The molecular weight excluding hydrogens is 584 g/mol. The molecular formula is C32H40N4O7S. The van der Waals surface area contributed by atoms with E-state index in [0.717, 1.165) is 21.5 Å². The molecule has 0 heterocycles. The summed E-state index contributed by atoms with van der Waals surface area (Å²) in [5.41, 5.74) is 1.88. The Morgan fingerprint density at radius 1 is 0.977 bits per heavy atom. The molecule has 0 aliphatic carbocycles. The number of amides is 2. The number of nitro benzene ring substituents is 1. The molecule has 0 aliphatic rings. The van der Waals surface area contributed by atoms with Crippen LogP contribution in [0, 0.1) is 24.0 Å². The maximum atomic E-state index is 14.2. The molecule has 0 unspecified atom stereocenters. The number of hydrogen-bond acceptors (Lipinski definition) is 7. The van der Waals surface area contributed by atoms with Crippen LogP contribution in [0.3, 0.4) is 0 Å². The topological polar surface area (TPSA) is 139 Å². The first-order valence-electron chi connectivity index (χ1n) is 14.4. The number of aryl methyl sites for hydroxylation is 2. The molecule has 1 N–H and O–H groups in total. The van der Waals surface area contributed by atoms with Crippen LogP contribution in [0.15, 0.2) is 71.6 Å². The van der Waals surface area contributed by atoms with Crippen molar-refractivity contribution in [3.05, 3.63) is 93.5 Å². The molecule has 236 valence electrons. The van der Waals surface area contributed by atoms with E-state index in [4.69, 9.17) is 4.74 Å². The average molecular weight is 625 g/mol. The van der Waals surface area contributed by atoms with Gasteiger partial charge in [0.05, 0.1) is 22.6 Å².